The summed E-state index contributed by atoms with van der Waals surface area (Å²) >= 11 is 0. The molecular weight excluding hydrogens is 333 g/mol. The zero-order valence-corrected chi connectivity index (χ0v) is 16.6. The van der Waals surface area contributed by atoms with E-state index in [1.165, 1.54) is 19.4 Å². The van der Waals surface area contributed by atoms with Crippen molar-refractivity contribution in [2.75, 3.05) is 45.8 Å². The van der Waals surface area contributed by atoms with Crippen LogP contribution in [-0.2, 0) is 4.79 Å². The van der Waals surface area contributed by atoms with Crippen LogP contribution in [0.3, 0.4) is 0 Å². The molecule has 0 radical (unpaired) electrons. The molecule has 2 heterocycles. The highest BCUT2D eigenvalue weighted by atomic mass is 35.5. The standard InChI is InChI=1S/C17H33N3O.2ClH/c1-4-19(5-2)13-15-7-11-20(12-8-15)16(21)17(3)9-6-10-18-14-17;;/h15,18H,4-14H2,1-3H3;2*1H. The molecule has 0 saturated carbocycles. The molecule has 6 heteroatoms. The van der Waals surface area contributed by atoms with Crippen LogP contribution in [0.4, 0.5) is 0 Å². The Kier molecular flexibility index (Phi) is 10.7. The summed E-state index contributed by atoms with van der Waals surface area (Å²) in [6.07, 6.45) is 4.51. The fourth-order valence-electron chi connectivity index (χ4n) is 3.79. The Bertz CT molecular complexity index is 337. The molecule has 2 aliphatic heterocycles. The largest absolute Gasteiger partial charge is 0.342 e. The van der Waals surface area contributed by atoms with Gasteiger partial charge in [-0.25, -0.2) is 0 Å². The maximum absolute atomic E-state index is 12.8. The predicted octanol–water partition coefficient (Wildman–Crippen LogP) is 2.80. The first kappa shape index (κ1) is 23.0. The van der Waals surface area contributed by atoms with Crippen LogP contribution in [0.15, 0.2) is 0 Å². The SMILES string of the molecule is CCN(CC)CC1CCN(C(=O)C2(C)CCCNC2)CC1.Cl.Cl. The van der Waals surface area contributed by atoms with Gasteiger partial charge in [0, 0.05) is 26.2 Å². The van der Waals surface area contributed by atoms with Gasteiger partial charge in [-0.15, -0.1) is 24.8 Å². The predicted molar refractivity (Wildman–Crippen MR) is 102 cm³/mol. The smallest absolute Gasteiger partial charge is 0.229 e. The van der Waals surface area contributed by atoms with Crippen LogP contribution in [0.5, 0.6) is 0 Å². The third kappa shape index (κ3) is 6.08. The highest BCUT2D eigenvalue weighted by molar-refractivity contribution is 5.85. The highest BCUT2D eigenvalue weighted by Crippen LogP contribution is 2.30. The number of carbonyl (C=O) groups is 1. The summed E-state index contributed by atoms with van der Waals surface area (Å²) in [5.41, 5.74) is -0.163. The minimum absolute atomic E-state index is 0. The molecule has 1 amide bonds. The summed E-state index contributed by atoms with van der Waals surface area (Å²) in [7, 11) is 0. The maximum atomic E-state index is 12.8. The van der Waals surface area contributed by atoms with Crippen LogP contribution in [-0.4, -0.2) is 61.5 Å². The monoisotopic (exact) mass is 367 g/mol. The first-order valence-corrected chi connectivity index (χ1v) is 8.81. The summed E-state index contributed by atoms with van der Waals surface area (Å²) in [6, 6.07) is 0. The Morgan fingerprint density at radius 3 is 2.30 bits per heavy atom. The fourth-order valence-corrected chi connectivity index (χ4v) is 3.79. The third-order valence-corrected chi connectivity index (χ3v) is 5.43. The number of hydrogen-bond acceptors (Lipinski definition) is 3. The van der Waals surface area contributed by atoms with E-state index in [0.717, 1.165) is 58.0 Å². The van der Waals surface area contributed by atoms with Crippen molar-refractivity contribution in [3.8, 4) is 0 Å². The lowest BCUT2D eigenvalue weighted by atomic mass is 9.80. The van der Waals surface area contributed by atoms with E-state index in [4.69, 9.17) is 0 Å². The fraction of sp³-hybridized carbons (Fsp3) is 0.941. The van der Waals surface area contributed by atoms with Gasteiger partial charge in [-0.05, 0) is 58.2 Å². The number of rotatable bonds is 5. The molecule has 2 aliphatic rings. The molecule has 2 saturated heterocycles. The molecule has 1 N–H and O–H groups in total. The molecule has 2 rings (SSSR count). The van der Waals surface area contributed by atoms with Gasteiger partial charge in [0.05, 0.1) is 5.41 Å². The quantitative estimate of drug-likeness (QED) is 0.811. The third-order valence-electron chi connectivity index (χ3n) is 5.43. The maximum Gasteiger partial charge on any atom is 0.229 e. The number of hydrogen-bond donors (Lipinski definition) is 1. The van der Waals surface area contributed by atoms with Crippen LogP contribution < -0.4 is 5.32 Å². The van der Waals surface area contributed by atoms with Gasteiger partial charge in [-0.2, -0.15) is 0 Å². The Labute approximate surface area is 154 Å². The lowest BCUT2D eigenvalue weighted by Gasteiger charge is -2.41. The first-order chi connectivity index (χ1) is 10.1. The van der Waals surface area contributed by atoms with Crippen LogP contribution in [0.25, 0.3) is 0 Å². The Balaban J connectivity index is 0.00000242. The van der Waals surface area contributed by atoms with Crippen molar-refractivity contribution < 1.29 is 4.79 Å². The van der Waals surface area contributed by atoms with Gasteiger partial charge in [-0.3, -0.25) is 4.79 Å². The number of carbonyl (C=O) groups excluding carboxylic acids is 1. The van der Waals surface area contributed by atoms with Crippen molar-refractivity contribution in [3.63, 3.8) is 0 Å². The van der Waals surface area contributed by atoms with E-state index in [1.54, 1.807) is 0 Å². The molecule has 23 heavy (non-hydrogen) atoms. The normalized spacial score (nSPS) is 25.7. The minimum atomic E-state index is -0.163. The van der Waals surface area contributed by atoms with E-state index < -0.39 is 0 Å². The van der Waals surface area contributed by atoms with Gasteiger partial charge in [0.15, 0.2) is 0 Å². The summed E-state index contributed by atoms with van der Waals surface area (Å²) in [5, 5.41) is 3.39. The van der Waals surface area contributed by atoms with Gasteiger partial charge in [-0.1, -0.05) is 13.8 Å². The first-order valence-electron chi connectivity index (χ1n) is 8.81. The number of piperidine rings is 2. The lowest BCUT2D eigenvalue weighted by Crippen LogP contribution is -2.52. The summed E-state index contributed by atoms with van der Waals surface area (Å²) < 4.78 is 0. The van der Waals surface area contributed by atoms with Gasteiger partial charge >= 0.3 is 0 Å². The van der Waals surface area contributed by atoms with Gasteiger partial charge in [0.25, 0.3) is 0 Å². The summed E-state index contributed by atoms with van der Waals surface area (Å²) in [4.78, 5) is 17.4. The van der Waals surface area contributed by atoms with Crippen LogP contribution >= 0.6 is 24.8 Å². The number of amides is 1. The number of halogens is 2. The number of nitrogens with zero attached hydrogens (tertiary/aromatic N) is 2. The Morgan fingerprint density at radius 1 is 1.22 bits per heavy atom. The van der Waals surface area contributed by atoms with Gasteiger partial charge in [0.1, 0.15) is 0 Å². The summed E-state index contributed by atoms with van der Waals surface area (Å²) in [6.45, 7) is 13.9. The molecule has 4 nitrogen and oxygen atoms in total. The van der Waals surface area contributed by atoms with Crippen molar-refractivity contribution in [3.05, 3.63) is 0 Å². The second kappa shape index (κ2) is 10.8. The van der Waals surface area contributed by atoms with E-state index in [1.807, 2.05) is 0 Å². The lowest BCUT2D eigenvalue weighted by molar-refractivity contribution is -0.143. The Hall–Kier alpha value is -0.0300. The average Bonchev–Trinajstić information content (AvgIpc) is 2.53. The van der Waals surface area contributed by atoms with Crippen molar-refractivity contribution in [2.24, 2.45) is 11.3 Å². The molecule has 0 aromatic heterocycles. The molecule has 0 bridgehead atoms. The second-order valence-corrected chi connectivity index (χ2v) is 7.06. The van der Waals surface area contributed by atoms with E-state index in [2.05, 4.69) is 35.9 Å². The van der Waals surface area contributed by atoms with E-state index in [-0.39, 0.29) is 30.2 Å². The molecule has 0 aromatic rings. The molecule has 2 fully saturated rings. The van der Waals surface area contributed by atoms with Crippen molar-refractivity contribution in [1.82, 2.24) is 15.1 Å². The molecule has 0 aromatic carbocycles. The number of nitrogens with one attached hydrogen (secondary N) is 1. The van der Waals surface area contributed by atoms with Crippen LogP contribution in [0.2, 0.25) is 0 Å². The zero-order valence-electron chi connectivity index (χ0n) is 15.0. The molecule has 0 spiro atoms. The molecule has 1 atom stereocenters. The van der Waals surface area contributed by atoms with Crippen LogP contribution in [0.1, 0.15) is 46.5 Å². The highest BCUT2D eigenvalue weighted by Gasteiger charge is 2.38. The van der Waals surface area contributed by atoms with E-state index in [0.29, 0.717) is 5.91 Å². The second-order valence-electron chi connectivity index (χ2n) is 7.06. The van der Waals surface area contributed by atoms with Gasteiger partial charge < -0.3 is 15.1 Å². The van der Waals surface area contributed by atoms with Gasteiger partial charge in [0.2, 0.25) is 5.91 Å². The van der Waals surface area contributed by atoms with E-state index >= 15 is 0 Å². The van der Waals surface area contributed by atoms with E-state index in [9.17, 15) is 4.79 Å². The topological polar surface area (TPSA) is 35.6 Å². The minimum Gasteiger partial charge on any atom is -0.342 e. The Morgan fingerprint density at radius 2 is 1.83 bits per heavy atom. The molecule has 0 aliphatic carbocycles. The van der Waals surface area contributed by atoms with Crippen LogP contribution in [0, 0.1) is 11.3 Å². The molecule has 1 unspecified atom stereocenters. The molecular formula is C17H35Cl2N3O. The van der Waals surface area contributed by atoms with Crippen molar-refractivity contribution in [2.45, 2.75) is 46.5 Å². The number of likely N-dealkylation sites (tertiary alicyclic amines) is 1. The summed E-state index contributed by atoms with van der Waals surface area (Å²) in [5.74, 6) is 1.15. The molecule has 138 valence electrons. The van der Waals surface area contributed by atoms with Crippen molar-refractivity contribution >= 4 is 30.7 Å². The van der Waals surface area contributed by atoms with Crippen molar-refractivity contribution in [1.29, 1.82) is 0 Å². The average molecular weight is 368 g/mol. The zero-order chi connectivity index (χ0) is 15.3.